The Morgan fingerprint density at radius 3 is 2.42 bits per heavy atom. The molecule has 2 amide bonds. The first kappa shape index (κ1) is 16.2. The van der Waals surface area contributed by atoms with E-state index in [-0.39, 0.29) is 17.7 Å². The summed E-state index contributed by atoms with van der Waals surface area (Å²) < 4.78 is 0. The summed E-state index contributed by atoms with van der Waals surface area (Å²) in [7, 11) is 0. The fourth-order valence-electron chi connectivity index (χ4n) is 3.23. The van der Waals surface area contributed by atoms with Crippen molar-refractivity contribution in [2.75, 3.05) is 5.32 Å². The normalized spacial score (nSPS) is 14.7. The Labute approximate surface area is 142 Å². The van der Waals surface area contributed by atoms with Crippen LogP contribution in [0, 0.1) is 12.8 Å². The number of aryl methyl sites for hydroxylation is 1. The molecule has 0 aliphatic carbocycles. The average molecular weight is 322 g/mol. The standard InChI is InChI=1S/C20H22N2O2/c1-13(2)18(19(23)21-17-11-7-4-8-14(17)3)22-12-15-9-5-6-10-16(15)20(22)24/h4-11,13,18H,12H2,1-3H3,(H,21,23). The van der Waals surface area contributed by atoms with E-state index in [1.165, 1.54) is 0 Å². The number of rotatable bonds is 4. The van der Waals surface area contributed by atoms with Gasteiger partial charge in [-0.05, 0) is 36.1 Å². The lowest BCUT2D eigenvalue weighted by Crippen LogP contribution is -2.47. The lowest BCUT2D eigenvalue weighted by molar-refractivity contribution is -0.122. The lowest BCUT2D eigenvalue weighted by atomic mass is 10.0. The van der Waals surface area contributed by atoms with Crippen LogP contribution >= 0.6 is 0 Å². The zero-order chi connectivity index (χ0) is 17.3. The molecule has 0 radical (unpaired) electrons. The number of hydrogen-bond acceptors (Lipinski definition) is 2. The Morgan fingerprint density at radius 1 is 1.08 bits per heavy atom. The molecular weight excluding hydrogens is 300 g/mol. The van der Waals surface area contributed by atoms with E-state index in [0.29, 0.717) is 12.1 Å². The maximum atomic E-state index is 12.9. The Kier molecular flexibility index (Phi) is 4.38. The third-order valence-electron chi connectivity index (χ3n) is 4.49. The van der Waals surface area contributed by atoms with Gasteiger partial charge in [0.15, 0.2) is 0 Å². The minimum atomic E-state index is -0.496. The van der Waals surface area contributed by atoms with Gasteiger partial charge in [0.25, 0.3) is 5.91 Å². The molecule has 0 aromatic heterocycles. The van der Waals surface area contributed by atoms with Crippen LogP contribution in [0.1, 0.15) is 35.3 Å². The summed E-state index contributed by atoms with van der Waals surface area (Å²) in [6, 6.07) is 14.7. The van der Waals surface area contributed by atoms with Gasteiger partial charge in [-0.2, -0.15) is 0 Å². The summed E-state index contributed by atoms with van der Waals surface area (Å²) in [5, 5.41) is 2.98. The van der Waals surface area contributed by atoms with E-state index in [2.05, 4.69) is 5.32 Å². The van der Waals surface area contributed by atoms with Crippen LogP contribution in [0.25, 0.3) is 0 Å². The van der Waals surface area contributed by atoms with Crippen molar-refractivity contribution < 1.29 is 9.59 Å². The third-order valence-corrected chi connectivity index (χ3v) is 4.49. The van der Waals surface area contributed by atoms with E-state index in [4.69, 9.17) is 0 Å². The lowest BCUT2D eigenvalue weighted by Gasteiger charge is -2.30. The number of para-hydroxylation sites is 1. The molecule has 0 bridgehead atoms. The molecule has 1 unspecified atom stereocenters. The van der Waals surface area contributed by atoms with Gasteiger partial charge in [-0.15, -0.1) is 0 Å². The molecule has 1 aliphatic heterocycles. The molecule has 2 aromatic rings. The Morgan fingerprint density at radius 2 is 1.75 bits per heavy atom. The van der Waals surface area contributed by atoms with Crippen molar-refractivity contribution in [3.63, 3.8) is 0 Å². The predicted molar refractivity (Wildman–Crippen MR) is 94.8 cm³/mol. The third kappa shape index (κ3) is 2.92. The van der Waals surface area contributed by atoms with Crippen molar-refractivity contribution in [2.45, 2.75) is 33.4 Å². The molecule has 1 N–H and O–H groups in total. The smallest absolute Gasteiger partial charge is 0.255 e. The molecule has 4 nitrogen and oxygen atoms in total. The van der Waals surface area contributed by atoms with Crippen molar-refractivity contribution in [1.82, 2.24) is 4.90 Å². The first-order valence-corrected chi connectivity index (χ1v) is 8.24. The van der Waals surface area contributed by atoms with Gasteiger partial charge in [0.2, 0.25) is 5.91 Å². The summed E-state index contributed by atoms with van der Waals surface area (Å²) in [6.45, 7) is 6.38. The fraction of sp³-hybridized carbons (Fsp3) is 0.300. The van der Waals surface area contributed by atoms with Gasteiger partial charge >= 0.3 is 0 Å². The molecule has 24 heavy (non-hydrogen) atoms. The van der Waals surface area contributed by atoms with Crippen LogP contribution in [-0.2, 0) is 11.3 Å². The summed E-state index contributed by atoms with van der Waals surface area (Å²) in [5.41, 5.74) is 3.48. The number of nitrogens with zero attached hydrogens (tertiary/aromatic N) is 1. The SMILES string of the molecule is Cc1ccccc1NC(=O)C(C(C)C)N1Cc2ccccc2C1=O. The van der Waals surface area contributed by atoms with Crippen LogP contribution in [0.2, 0.25) is 0 Å². The quantitative estimate of drug-likeness (QED) is 0.935. The predicted octanol–water partition coefficient (Wildman–Crippen LogP) is 3.61. The van der Waals surface area contributed by atoms with Crippen molar-refractivity contribution in [3.8, 4) is 0 Å². The molecule has 0 saturated heterocycles. The van der Waals surface area contributed by atoms with E-state index in [0.717, 1.165) is 16.8 Å². The number of fused-ring (bicyclic) bond motifs is 1. The van der Waals surface area contributed by atoms with Gasteiger partial charge in [0.1, 0.15) is 6.04 Å². The summed E-state index contributed by atoms with van der Waals surface area (Å²) in [5.74, 6) is -0.183. The Balaban J connectivity index is 1.85. The molecule has 124 valence electrons. The maximum Gasteiger partial charge on any atom is 0.255 e. The molecule has 0 spiro atoms. The van der Waals surface area contributed by atoms with Crippen LogP contribution in [0.5, 0.6) is 0 Å². The number of anilines is 1. The van der Waals surface area contributed by atoms with E-state index < -0.39 is 6.04 Å². The molecule has 4 heteroatoms. The topological polar surface area (TPSA) is 49.4 Å². The molecular formula is C20H22N2O2. The molecule has 0 fully saturated rings. The second-order valence-corrected chi connectivity index (χ2v) is 6.58. The molecule has 1 aliphatic rings. The highest BCUT2D eigenvalue weighted by Crippen LogP contribution is 2.28. The molecule has 0 saturated carbocycles. The minimum Gasteiger partial charge on any atom is -0.324 e. The second kappa shape index (κ2) is 6.48. The van der Waals surface area contributed by atoms with Gasteiger partial charge < -0.3 is 10.2 Å². The Bertz CT molecular complexity index is 783. The van der Waals surface area contributed by atoms with Gasteiger partial charge in [0.05, 0.1) is 0 Å². The fourth-order valence-corrected chi connectivity index (χ4v) is 3.23. The highest BCUT2D eigenvalue weighted by atomic mass is 16.2. The van der Waals surface area contributed by atoms with Crippen LogP contribution in [0.4, 0.5) is 5.69 Å². The number of benzene rings is 2. The molecule has 1 atom stereocenters. The van der Waals surface area contributed by atoms with Gasteiger partial charge in [-0.1, -0.05) is 50.2 Å². The number of carbonyl (C=O) groups is 2. The van der Waals surface area contributed by atoms with Crippen LogP contribution in [0.3, 0.4) is 0 Å². The van der Waals surface area contributed by atoms with E-state index >= 15 is 0 Å². The highest BCUT2D eigenvalue weighted by Gasteiger charge is 2.37. The number of amides is 2. The van der Waals surface area contributed by atoms with Crippen molar-refractivity contribution in [1.29, 1.82) is 0 Å². The van der Waals surface area contributed by atoms with Crippen molar-refractivity contribution in [3.05, 3.63) is 65.2 Å². The van der Waals surface area contributed by atoms with Crippen LogP contribution in [-0.4, -0.2) is 22.8 Å². The summed E-state index contributed by atoms with van der Waals surface area (Å²) >= 11 is 0. The van der Waals surface area contributed by atoms with E-state index in [9.17, 15) is 9.59 Å². The van der Waals surface area contributed by atoms with Gasteiger partial charge in [-0.25, -0.2) is 0 Å². The van der Waals surface area contributed by atoms with E-state index in [1.807, 2.05) is 69.3 Å². The van der Waals surface area contributed by atoms with Gasteiger partial charge in [0, 0.05) is 17.8 Å². The average Bonchev–Trinajstić information content (AvgIpc) is 2.87. The first-order chi connectivity index (χ1) is 11.5. The second-order valence-electron chi connectivity index (χ2n) is 6.58. The Hall–Kier alpha value is -2.62. The van der Waals surface area contributed by atoms with Crippen LogP contribution < -0.4 is 5.32 Å². The molecule has 1 heterocycles. The van der Waals surface area contributed by atoms with Crippen LogP contribution in [0.15, 0.2) is 48.5 Å². The monoisotopic (exact) mass is 322 g/mol. The van der Waals surface area contributed by atoms with Crippen molar-refractivity contribution >= 4 is 17.5 Å². The van der Waals surface area contributed by atoms with E-state index in [1.54, 1.807) is 4.90 Å². The van der Waals surface area contributed by atoms with Crippen molar-refractivity contribution in [2.24, 2.45) is 5.92 Å². The number of carbonyl (C=O) groups excluding carboxylic acids is 2. The zero-order valence-electron chi connectivity index (χ0n) is 14.2. The number of hydrogen-bond donors (Lipinski definition) is 1. The van der Waals surface area contributed by atoms with Gasteiger partial charge in [-0.3, -0.25) is 9.59 Å². The molecule has 2 aromatic carbocycles. The minimum absolute atomic E-state index is 0.0206. The maximum absolute atomic E-state index is 12.9. The highest BCUT2D eigenvalue weighted by molar-refractivity contribution is 6.03. The first-order valence-electron chi connectivity index (χ1n) is 8.24. The zero-order valence-corrected chi connectivity index (χ0v) is 14.2. The molecule has 3 rings (SSSR count). The number of nitrogens with one attached hydrogen (secondary N) is 1. The largest absolute Gasteiger partial charge is 0.324 e. The summed E-state index contributed by atoms with van der Waals surface area (Å²) in [4.78, 5) is 27.3. The summed E-state index contributed by atoms with van der Waals surface area (Å²) in [6.07, 6.45) is 0.